The molecule has 168 valence electrons. The van der Waals surface area contributed by atoms with Crippen LogP contribution >= 0.6 is 0 Å². The topological polar surface area (TPSA) is 159 Å². The lowest BCUT2D eigenvalue weighted by Gasteiger charge is -2.26. The van der Waals surface area contributed by atoms with Gasteiger partial charge in [-0.2, -0.15) is 0 Å². The van der Waals surface area contributed by atoms with Crippen molar-refractivity contribution in [3.63, 3.8) is 0 Å². The number of nitrogens with zero attached hydrogens (tertiary/aromatic N) is 3. The molecule has 0 aromatic carbocycles. The Bertz CT molecular complexity index is 701. The quantitative estimate of drug-likeness (QED) is 0.285. The van der Waals surface area contributed by atoms with Crippen LogP contribution in [0.4, 0.5) is 0 Å². The summed E-state index contributed by atoms with van der Waals surface area (Å²) < 4.78 is 0. The zero-order valence-corrected chi connectivity index (χ0v) is 19.1. The van der Waals surface area contributed by atoms with E-state index in [1.165, 1.54) is 6.21 Å². The second-order valence-electron chi connectivity index (χ2n) is 8.18. The van der Waals surface area contributed by atoms with E-state index in [9.17, 15) is 24.3 Å². The van der Waals surface area contributed by atoms with Crippen LogP contribution in [0.2, 0.25) is 0 Å². The normalized spacial score (nSPS) is 25.2. The summed E-state index contributed by atoms with van der Waals surface area (Å²) in [6, 6.07) is -0.645. The Hall–Kier alpha value is -2.11. The average molecular weight is 440 g/mol. The Balaban J connectivity index is 1.97. The zero-order chi connectivity index (χ0) is 22.4. The van der Waals surface area contributed by atoms with Crippen molar-refractivity contribution in [2.75, 3.05) is 19.6 Å². The van der Waals surface area contributed by atoms with Crippen LogP contribution in [0.1, 0.15) is 39.5 Å². The summed E-state index contributed by atoms with van der Waals surface area (Å²) in [6.45, 7) is 4.60. The zero-order valence-electron chi connectivity index (χ0n) is 17.7. The molecule has 0 aliphatic carbocycles. The van der Waals surface area contributed by atoms with Crippen LogP contribution in [0.25, 0.3) is 0 Å². The van der Waals surface area contributed by atoms with Crippen molar-refractivity contribution in [3.8, 4) is 0 Å². The van der Waals surface area contributed by atoms with Gasteiger partial charge in [-0.05, 0) is 32.6 Å². The van der Waals surface area contributed by atoms with Gasteiger partial charge in [0, 0.05) is 31.6 Å². The number of rotatable bonds is 8. The van der Waals surface area contributed by atoms with E-state index in [1.807, 2.05) is 0 Å². The summed E-state index contributed by atoms with van der Waals surface area (Å²) >= 11 is 0. The van der Waals surface area contributed by atoms with E-state index in [-0.39, 0.29) is 24.3 Å². The van der Waals surface area contributed by atoms with Crippen molar-refractivity contribution >= 4 is 39.4 Å². The molecule has 2 rings (SSSR count). The lowest BCUT2D eigenvalue weighted by molar-refractivity contribution is -0.140. The fraction of sp³-hybridized carbons (Fsp3) is 0.737. The van der Waals surface area contributed by atoms with Gasteiger partial charge in [0.05, 0.1) is 27.0 Å². The number of aliphatic hydroxyl groups excluding tert-OH is 1. The van der Waals surface area contributed by atoms with E-state index >= 15 is 0 Å². The van der Waals surface area contributed by atoms with E-state index in [0.29, 0.717) is 38.8 Å². The number of amides is 4. The van der Waals surface area contributed by atoms with Crippen molar-refractivity contribution in [1.29, 1.82) is 0 Å². The molecule has 5 atom stereocenters. The Morgan fingerprint density at radius 3 is 2.57 bits per heavy atom. The largest absolute Gasteiger partial charge is 0.397 e. The standard InChI is InChI=1S/C19H33N5O5Si/c1-3-12(15(20)26)9-22-17(27)14-5-4-7-24(14)18(28)13-6-8-23(10-13)19(29)16(21)30-11(2)25/h9,11-14,16,25H,3-8,10,21,30H2,1-2H3,(H2,20,26)/b22-9-/t11-,12?,13-,14-,16-/m0/s1. The Morgan fingerprint density at radius 1 is 1.27 bits per heavy atom. The summed E-state index contributed by atoms with van der Waals surface area (Å²) in [5.41, 5.74) is 9.99. The molecule has 11 heteroatoms. The maximum atomic E-state index is 13.0. The van der Waals surface area contributed by atoms with E-state index < -0.39 is 44.7 Å². The third kappa shape index (κ3) is 5.96. The highest BCUT2D eigenvalue weighted by Gasteiger charge is 2.40. The van der Waals surface area contributed by atoms with Crippen LogP contribution < -0.4 is 11.5 Å². The van der Waals surface area contributed by atoms with Gasteiger partial charge in [0.25, 0.3) is 5.91 Å². The Kier molecular flexibility index (Phi) is 8.68. The third-order valence-corrected chi connectivity index (χ3v) is 7.31. The Morgan fingerprint density at radius 2 is 1.97 bits per heavy atom. The first kappa shape index (κ1) is 24.2. The van der Waals surface area contributed by atoms with E-state index in [4.69, 9.17) is 11.5 Å². The van der Waals surface area contributed by atoms with Crippen LogP contribution in [0.5, 0.6) is 0 Å². The van der Waals surface area contributed by atoms with Crippen molar-refractivity contribution in [2.24, 2.45) is 28.3 Å². The Labute approximate surface area is 178 Å². The highest BCUT2D eigenvalue weighted by atomic mass is 28.2. The molecule has 10 nitrogen and oxygen atoms in total. The maximum absolute atomic E-state index is 13.0. The van der Waals surface area contributed by atoms with Crippen molar-refractivity contribution in [2.45, 2.75) is 57.0 Å². The smallest absolute Gasteiger partial charge is 0.268 e. The average Bonchev–Trinajstić information content (AvgIpc) is 3.36. The number of aliphatic hydroxyl groups is 1. The number of carbonyl (C=O) groups excluding carboxylic acids is 4. The number of hydrogen-bond acceptors (Lipinski definition) is 6. The molecular weight excluding hydrogens is 406 g/mol. The predicted molar refractivity (Wildman–Crippen MR) is 114 cm³/mol. The number of primary amides is 1. The monoisotopic (exact) mass is 439 g/mol. The van der Waals surface area contributed by atoms with Crippen LogP contribution in [0, 0.1) is 11.8 Å². The minimum absolute atomic E-state index is 0.153. The van der Waals surface area contributed by atoms with Crippen molar-refractivity contribution < 1.29 is 24.3 Å². The SMILES string of the molecule is CCC(/C=N\C(=O)[C@@H]1CCCN1C(=O)[C@H]1CCN(C(=O)[C@@H](N)[SiH2][C@@H](C)O)C1)C(N)=O. The van der Waals surface area contributed by atoms with Crippen LogP contribution in [0.3, 0.4) is 0 Å². The van der Waals surface area contributed by atoms with E-state index in [2.05, 4.69) is 4.99 Å². The predicted octanol–water partition coefficient (Wildman–Crippen LogP) is -2.27. The summed E-state index contributed by atoms with van der Waals surface area (Å²) in [4.78, 5) is 56.4. The van der Waals surface area contributed by atoms with Gasteiger partial charge in [-0.1, -0.05) is 6.92 Å². The van der Waals surface area contributed by atoms with Gasteiger partial charge in [0.2, 0.25) is 17.7 Å². The minimum atomic E-state index is -1.15. The van der Waals surface area contributed by atoms with Crippen LogP contribution in [-0.2, 0) is 19.2 Å². The number of likely N-dealkylation sites (tertiary alicyclic amines) is 2. The maximum Gasteiger partial charge on any atom is 0.268 e. The molecule has 4 amide bonds. The minimum Gasteiger partial charge on any atom is -0.397 e. The lowest BCUT2D eigenvalue weighted by atomic mass is 10.1. The molecule has 2 aliphatic rings. The van der Waals surface area contributed by atoms with Crippen molar-refractivity contribution in [3.05, 3.63) is 0 Å². The molecule has 30 heavy (non-hydrogen) atoms. The summed E-state index contributed by atoms with van der Waals surface area (Å²) in [7, 11) is -1.15. The fourth-order valence-electron chi connectivity index (χ4n) is 4.02. The number of aliphatic imine (C=N–C) groups is 1. The fourth-order valence-corrected chi connectivity index (χ4v) is 5.21. The van der Waals surface area contributed by atoms with Gasteiger partial charge in [-0.25, -0.2) is 4.99 Å². The molecule has 0 bridgehead atoms. The second kappa shape index (κ2) is 10.8. The number of carbonyl (C=O) groups is 4. The molecule has 0 radical (unpaired) electrons. The first-order valence-corrected chi connectivity index (χ1v) is 12.2. The van der Waals surface area contributed by atoms with Gasteiger partial charge in [-0.3, -0.25) is 19.2 Å². The number of nitrogens with two attached hydrogens (primary N) is 2. The highest BCUT2D eigenvalue weighted by molar-refractivity contribution is 6.45. The molecule has 0 spiro atoms. The molecule has 1 unspecified atom stereocenters. The summed E-state index contributed by atoms with van der Waals surface area (Å²) in [6.07, 6.45) is 3.47. The molecule has 0 saturated carbocycles. The van der Waals surface area contributed by atoms with Gasteiger partial charge in [0.1, 0.15) is 6.04 Å². The number of hydrogen-bond donors (Lipinski definition) is 3. The molecule has 5 N–H and O–H groups in total. The third-order valence-electron chi connectivity index (χ3n) is 5.77. The van der Waals surface area contributed by atoms with Crippen LogP contribution in [-0.4, -0.2) is 91.3 Å². The van der Waals surface area contributed by atoms with Crippen molar-refractivity contribution in [1.82, 2.24) is 9.80 Å². The molecule has 2 aliphatic heterocycles. The molecule has 2 fully saturated rings. The van der Waals surface area contributed by atoms with E-state index in [0.717, 1.165) is 0 Å². The molecular formula is C19H33N5O5Si. The summed E-state index contributed by atoms with van der Waals surface area (Å²) in [5.74, 6) is -2.34. The highest BCUT2D eigenvalue weighted by Crippen LogP contribution is 2.26. The van der Waals surface area contributed by atoms with Gasteiger partial charge in [-0.15, -0.1) is 0 Å². The lowest BCUT2D eigenvalue weighted by Crippen LogP contribution is -2.49. The van der Waals surface area contributed by atoms with Gasteiger partial charge >= 0.3 is 0 Å². The molecule has 0 aromatic heterocycles. The van der Waals surface area contributed by atoms with Crippen LogP contribution in [0.15, 0.2) is 4.99 Å². The van der Waals surface area contributed by atoms with E-state index in [1.54, 1.807) is 23.6 Å². The first-order chi connectivity index (χ1) is 14.1. The first-order valence-electron chi connectivity index (χ1n) is 10.6. The van der Waals surface area contributed by atoms with Gasteiger partial charge < -0.3 is 26.4 Å². The molecule has 2 saturated heterocycles. The molecule has 0 aromatic rings. The summed E-state index contributed by atoms with van der Waals surface area (Å²) in [5, 5.41) is 9.48. The van der Waals surface area contributed by atoms with Gasteiger partial charge in [0.15, 0.2) is 0 Å². The molecule has 2 heterocycles. The second-order valence-corrected chi connectivity index (χ2v) is 10.7.